The zero-order valence-electron chi connectivity index (χ0n) is 21.8. The van der Waals surface area contributed by atoms with E-state index in [2.05, 4.69) is 55.9 Å². The molecule has 0 bridgehead atoms. The Bertz CT molecular complexity index is 865. The lowest BCUT2D eigenvalue weighted by Crippen LogP contribution is -2.46. The van der Waals surface area contributed by atoms with E-state index in [1.165, 1.54) is 16.8 Å². The van der Waals surface area contributed by atoms with E-state index in [9.17, 15) is 14.0 Å². The molecule has 0 fully saturated rings. The normalized spacial score (nSPS) is 26.1. The van der Waals surface area contributed by atoms with Gasteiger partial charge in [-0.05, 0) is 67.5 Å². The molecule has 0 aromatic heterocycles. The Hall–Kier alpha value is -1.97. The highest BCUT2D eigenvalue weighted by Crippen LogP contribution is 2.38. The molecular formula is C26H42FN3O4Si. The molecule has 4 atom stereocenters. The van der Waals surface area contributed by atoms with Crippen molar-refractivity contribution in [3.05, 3.63) is 34.7 Å². The number of amides is 2. The van der Waals surface area contributed by atoms with Gasteiger partial charge in [-0.3, -0.25) is 9.59 Å². The van der Waals surface area contributed by atoms with Crippen LogP contribution in [0.15, 0.2) is 34.7 Å². The summed E-state index contributed by atoms with van der Waals surface area (Å²) in [4.78, 5) is 22.0. The summed E-state index contributed by atoms with van der Waals surface area (Å²) in [5.74, 6) is 0. The molecule has 35 heavy (non-hydrogen) atoms. The summed E-state index contributed by atoms with van der Waals surface area (Å²) in [7, 11) is -2.13. The molecule has 3 N–H and O–H groups in total. The standard InChI is InChI=1S/C26H42FN3O4Si/c1-26(2,3)35(4,5)34-21(14-27)15-33-25-13-19(7-10-24(25)29-17-32)22-9-6-18-12-20(28-16-31)8-11-23(18)30-22/h7,10,16-17,20-22,25,30H,6,8-9,11-15H2,1-5H3,(H,28,31)(H,29,32)/t20-,21?,22?,25-/m1/s1. The molecule has 2 unspecified atom stereocenters. The lowest BCUT2D eigenvalue weighted by atomic mass is 9.82. The summed E-state index contributed by atoms with van der Waals surface area (Å²) in [6.07, 6.45) is 9.80. The molecule has 1 aliphatic heterocycles. The fourth-order valence-corrected chi connectivity index (χ4v) is 6.12. The van der Waals surface area contributed by atoms with Crippen LogP contribution in [0.3, 0.4) is 0 Å². The van der Waals surface area contributed by atoms with Crippen molar-refractivity contribution < 1.29 is 23.1 Å². The molecule has 3 aliphatic rings. The SMILES string of the molecule is CC(C)(C)[Si](C)(C)OC(CF)CO[C@@H]1CC(C2CCC3=C(CC[C@@H](NC=O)C3)N2)=CC=C1NC=O. The Kier molecular flexibility index (Phi) is 9.34. The van der Waals surface area contributed by atoms with Crippen molar-refractivity contribution in [2.24, 2.45) is 0 Å². The van der Waals surface area contributed by atoms with Crippen LogP contribution in [0.4, 0.5) is 4.39 Å². The minimum Gasteiger partial charge on any atom is -0.409 e. The third-order valence-corrected chi connectivity index (χ3v) is 12.4. The van der Waals surface area contributed by atoms with Gasteiger partial charge in [-0.15, -0.1) is 0 Å². The van der Waals surface area contributed by atoms with E-state index in [4.69, 9.17) is 9.16 Å². The van der Waals surface area contributed by atoms with E-state index < -0.39 is 21.1 Å². The maximum atomic E-state index is 13.9. The number of alkyl halides is 1. The van der Waals surface area contributed by atoms with Crippen LogP contribution < -0.4 is 16.0 Å². The number of carbonyl (C=O) groups is 2. The predicted octanol–water partition coefficient (Wildman–Crippen LogP) is 4.00. The van der Waals surface area contributed by atoms with Gasteiger partial charge in [0.05, 0.1) is 12.7 Å². The van der Waals surface area contributed by atoms with Crippen LogP contribution in [0.25, 0.3) is 0 Å². The number of allylic oxidation sites excluding steroid dienone is 3. The van der Waals surface area contributed by atoms with E-state index in [0.29, 0.717) is 18.5 Å². The van der Waals surface area contributed by atoms with Crippen LogP contribution >= 0.6 is 0 Å². The van der Waals surface area contributed by atoms with Crippen LogP contribution in [0, 0.1) is 0 Å². The fraction of sp³-hybridized carbons (Fsp3) is 0.692. The van der Waals surface area contributed by atoms with E-state index in [1.54, 1.807) is 0 Å². The van der Waals surface area contributed by atoms with Crippen LogP contribution in [0.2, 0.25) is 18.1 Å². The van der Waals surface area contributed by atoms with Crippen molar-refractivity contribution in [2.45, 2.75) is 102 Å². The monoisotopic (exact) mass is 507 g/mol. The van der Waals surface area contributed by atoms with Gasteiger partial charge in [0.2, 0.25) is 12.8 Å². The maximum absolute atomic E-state index is 13.9. The smallest absolute Gasteiger partial charge is 0.211 e. The van der Waals surface area contributed by atoms with Crippen LogP contribution in [-0.4, -0.2) is 58.7 Å². The van der Waals surface area contributed by atoms with E-state index in [0.717, 1.165) is 38.5 Å². The molecule has 0 aromatic carbocycles. The summed E-state index contributed by atoms with van der Waals surface area (Å²) >= 11 is 0. The molecule has 7 nitrogen and oxygen atoms in total. The highest BCUT2D eigenvalue weighted by Gasteiger charge is 2.39. The van der Waals surface area contributed by atoms with Gasteiger partial charge in [-0.25, -0.2) is 4.39 Å². The first kappa shape index (κ1) is 27.6. The molecule has 196 valence electrons. The second-order valence-corrected chi connectivity index (χ2v) is 16.1. The molecule has 2 aliphatic carbocycles. The van der Waals surface area contributed by atoms with Gasteiger partial charge >= 0.3 is 0 Å². The third kappa shape index (κ3) is 7.04. The minimum absolute atomic E-state index is 0.0199. The number of ether oxygens (including phenoxy) is 1. The number of hydrogen-bond acceptors (Lipinski definition) is 5. The third-order valence-electron chi connectivity index (χ3n) is 7.89. The first-order valence-electron chi connectivity index (χ1n) is 12.7. The van der Waals surface area contributed by atoms with Crippen molar-refractivity contribution in [1.82, 2.24) is 16.0 Å². The maximum Gasteiger partial charge on any atom is 0.211 e. The molecular weight excluding hydrogens is 465 g/mol. The number of halogens is 1. The second-order valence-electron chi connectivity index (χ2n) is 11.3. The van der Waals surface area contributed by atoms with Crippen LogP contribution in [0.1, 0.15) is 59.3 Å². The van der Waals surface area contributed by atoms with Gasteiger partial charge in [-0.1, -0.05) is 26.8 Å². The van der Waals surface area contributed by atoms with Gasteiger partial charge < -0.3 is 25.1 Å². The fourth-order valence-electron chi connectivity index (χ4n) is 4.80. The first-order valence-corrected chi connectivity index (χ1v) is 15.6. The van der Waals surface area contributed by atoms with Gasteiger partial charge in [-0.2, -0.15) is 0 Å². The van der Waals surface area contributed by atoms with Crippen LogP contribution in [0.5, 0.6) is 0 Å². The Balaban J connectivity index is 1.64. The molecule has 3 rings (SSSR count). The van der Waals surface area contributed by atoms with Crippen molar-refractivity contribution in [3.8, 4) is 0 Å². The van der Waals surface area contributed by atoms with Crippen molar-refractivity contribution in [2.75, 3.05) is 13.3 Å². The summed E-state index contributed by atoms with van der Waals surface area (Å²) < 4.78 is 26.3. The molecule has 1 heterocycles. The first-order chi connectivity index (χ1) is 16.6. The van der Waals surface area contributed by atoms with Gasteiger partial charge in [0, 0.05) is 29.9 Å². The number of carbonyl (C=O) groups excluding carboxylic acids is 2. The molecule has 2 amide bonds. The van der Waals surface area contributed by atoms with E-state index in [-0.39, 0.29) is 29.8 Å². The Labute approximate surface area is 210 Å². The lowest BCUT2D eigenvalue weighted by Gasteiger charge is -2.39. The Morgan fingerprint density at radius 2 is 1.94 bits per heavy atom. The van der Waals surface area contributed by atoms with E-state index in [1.807, 2.05) is 6.08 Å². The molecule has 0 saturated heterocycles. The summed E-state index contributed by atoms with van der Waals surface area (Å²) in [5.41, 5.74) is 4.60. The molecule has 0 radical (unpaired) electrons. The highest BCUT2D eigenvalue weighted by atomic mass is 28.4. The Morgan fingerprint density at radius 3 is 2.60 bits per heavy atom. The van der Waals surface area contributed by atoms with Crippen molar-refractivity contribution in [3.63, 3.8) is 0 Å². The predicted molar refractivity (Wildman–Crippen MR) is 138 cm³/mol. The second kappa shape index (κ2) is 11.8. The lowest BCUT2D eigenvalue weighted by molar-refractivity contribution is -0.110. The number of rotatable bonds is 11. The summed E-state index contributed by atoms with van der Waals surface area (Å²) in [6.45, 7) is 10.1. The average molecular weight is 508 g/mol. The molecule has 0 spiro atoms. The molecule has 0 aromatic rings. The summed E-state index contributed by atoms with van der Waals surface area (Å²) in [5, 5.41) is 9.37. The van der Waals surface area contributed by atoms with Gasteiger partial charge in [0.15, 0.2) is 8.32 Å². The minimum atomic E-state index is -2.13. The van der Waals surface area contributed by atoms with Gasteiger partial charge in [0.25, 0.3) is 0 Å². The number of nitrogens with one attached hydrogen (secondary N) is 3. The average Bonchev–Trinajstić information content (AvgIpc) is 2.81. The Morgan fingerprint density at radius 1 is 1.17 bits per heavy atom. The molecule has 0 saturated carbocycles. The number of hydrogen-bond donors (Lipinski definition) is 3. The van der Waals surface area contributed by atoms with Crippen molar-refractivity contribution >= 4 is 21.1 Å². The van der Waals surface area contributed by atoms with Crippen LogP contribution in [-0.2, 0) is 18.8 Å². The van der Waals surface area contributed by atoms with Crippen molar-refractivity contribution in [1.29, 1.82) is 0 Å². The van der Waals surface area contributed by atoms with Gasteiger partial charge in [0.1, 0.15) is 12.8 Å². The topological polar surface area (TPSA) is 88.7 Å². The summed E-state index contributed by atoms with van der Waals surface area (Å²) in [6, 6.07) is 0.429. The zero-order valence-corrected chi connectivity index (χ0v) is 22.8. The molecule has 9 heteroatoms. The zero-order chi connectivity index (χ0) is 25.6. The van der Waals surface area contributed by atoms with E-state index >= 15 is 0 Å². The largest absolute Gasteiger partial charge is 0.409 e. The highest BCUT2D eigenvalue weighted by molar-refractivity contribution is 6.74. The quantitative estimate of drug-likeness (QED) is 0.291.